The van der Waals surface area contributed by atoms with Gasteiger partial charge in [-0.3, -0.25) is 0 Å². The van der Waals surface area contributed by atoms with Crippen LogP contribution in [0.4, 0.5) is 0 Å². The number of nitrogens with two attached hydrogens (primary N) is 1. The Morgan fingerprint density at radius 1 is 1.33 bits per heavy atom. The summed E-state index contributed by atoms with van der Waals surface area (Å²) in [7, 11) is 0. The van der Waals surface area contributed by atoms with E-state index in [-0.39, 0.29) is 18.4 Å². The van der Waals surface area contributed by atoms with E-state index in [1.807, 2.05) is 0 Å². The van der Waals surface area contributed by atoms with Gasteiger partial charge in [0.15, 0.2) is 0 Å². The number of hydrogen-bond acceptors (Lipinski definition) is 2. The Labute approximate surface area is 97.2 Å². The van der Waals surface area contributed by atoms with Crippen molar-refractivity contribution >= 4 is 12.4 Å². The molecule has 0 spiro atoms. The van der Waals surface area contributed by atoms with E-state index in [9.17, 15) is 0 Å². The van der Waals surface area contributed by atoms with Crippen LogP contribution < -0.4 is 5.73 Å². The van der Waals surface area contributed by atoms with Crippen LogP contribution in [0.2, 0.25) is 0 Å². The molecule has 0 aromatic heterocycles. The van der Waals surface area contributed by atoms with Gasteiger partial charge in [-0.25, -0.2) is 0 Å². The molecule has 2 N–H and O–H groups in total. The minimum atomic E-state index is 0. The second kappa shape index (κ2) is 4.97. The summed E-state index contributed by atoms with van der Waals surface area (Å²) < 4.78 is 5.51. The minimum Gasteiger partial charge on any atom is -0.377 e. The van der Waals surface area contributed by atoms with E-state index in [4.69, 9.17) is 10.5 Å². The van der Waals surface area contributed by atoms with Gasteiger partial charge in [-0.15, -0.1) is 12.4 Å². The lowest BCUT2D eigenvalue weighted by molar-refractivity contribution is 0.122. The van der Waals surface area contributed by atoms with Crippen molar-refractivity contribution in [1.82, 2.24) is 0 Å². The van der Waals surface area contributed by atoms with Crippen LogP contribution >= 0.6 is 12.4 Å². The Hall–Kier alpha value is -0.570. The van der Waals surface area contributed by atoms with Gasteiger partial charge in [0.1, 0.15) is 0 Å². The Bertz CT molecular complexity index is 352. The Morgan fingerprint density at radius 2 is 2.07 bits per heavy atom. The number of aryl methyl sites for hydroxylation is 1. The quantitative estimate of drug-likeness (QED) is 0.740. The van der Waals surface area contributed by atoms with Crippen molar-refractivity contribution in [2.45, 2.75) is 32.9 Å². The summed E-state index contributed by atoms with van der Waals surface area (Å²) in [6, 6.07) is 4.44. The molecule has 0 saturated heterocycles. The van der Waals surface area contributed by atoms with Crippen LogP contribution in [0, 0.1) is 13.8 Å². The summed E-state index contributed by atoms with van der Waals surface area (Å²) in [6.45, 7) is 5.77. The molecule has 84 valence electrons. The monoisotopic (exact) mass is 227 g/mol. The molecule has 1 unspecified atom stereocenters. The fraction of sp³-hybridized carbons (Fsp3) is 0.500. The van der Waals surface area contributed by atoms with E-state index >= 15 is 0 Å². The average molecular weight is 228 g/mol. The Balaban J connectivity index is 0.00000112. The molecule has 1 heterocycles. The number of rotatable bonds is 0. The summed E-state index contributed by atoms with van der Waals surface area (Å²) in [5.41, 5.74) is 11.4. The molecule has 0 amide bonds. The van der Waals surface area contributed by atoms with E-state index in [2.05, 4.69) is 26.0 Å². The average Bonchev–Trinajstić information content (AvgIpc) is 2.35. The second-order valence-corrected chi connectivity index (χ2v) is 4.03. The van der Waals surface area contributed by atoms with Crippen LogP contribution in [0.1, 0.15) is 34.7 Å². The Morgan fingerprint density at radius 3 is 2.80 bits per heavy atom. The summed E-state index contributed by atoms with van der Waals surface area (Å²) in [4.78, 5) is 0. The Kier molecular flexibility index (Phi) is 4.14. The molecule has 1 aromatic carbocycles. The SMILES string of the molecule is Cc1ccc2c(c1C)C(N)CCOC2.Cl. The van der Waals surface area contributed by atoms with Gasteiger partial charge in [0.05, 0.1) is 6.61 Å². The highest BCUT2D eigenvalue weighted by atomic mass is 35.5. The number of halogens is 1. The molecule has 1 aliphatic rings. The third-order valence-electron chi connectivity index (χ3n) is 3.08. The molecule has 0 saturated carbocycles. The summed E-state index contributed by atoms with van der Waals surface area (Å²) in [5, 5.41) is 0. The highest BCUT2D eigenvalue weighted by Gasteiger charge is 2.18. The largest absolute Gasteiger partial charge is 0.377 e. The molecule has 1 atom stereocenters. The van der Waals surface area contributed by atoms with Crippen LogP contribution in [0.15, 0.2) is 12.1 Å². The fourth-order valence-electron chi connectivity index (χ4n) is 2.07. The van der Waals surface area contributed by atoms with Crippen LogP contribution in [0.3, 0.4) is 0 Å². The molecule has 0 radical (unpaired) electrons. The topological polar surface area (TPSA) is 35.2 Å². The summed E-state index contributed by atoms with van der Waals surface area (Å²) in [5.74, 6) is 0. The molecule has 0 aliphatic carbocycles. The number of hydrogen-bond donors (Lipinski definition) is 1. The van der Waals surface area contributed by atoms with Gasteiger partial charge < -0.3 is 10.5 Å². The van der Waals surface area contributed by atoms with Crippen LogP contribution in [-0.2, 0) is 11.3 Å². The van der Waals surface area contributed by atoms with Crippen molar-refractivity contribution in [3.8, 4) is 0 Å². The van der Waals surface area contributed by atoms with E-state index in [1.165, 1.54) is 22.3 Å². The third-order valence-corrected chi connectivity index (χ3v) is 3.08. The maximum atomic E-state index is 6.14. The van der Waals surface area contributed by atoms with Crippen molar-refractivity contribution in [3.63, 3.8) is 0 Å². The molecule has 1 aromatic rings. The highest BCUT2D eigenvalue weighted by Crippen LogP contribution is 2.28. The van der Waals surface area contributed by atoms with Crippen LogP contribution in [0.25, 0.3) is 0 Å². The molecule has 2 nitrogen and oxygen atoms in total. The van der Waals surface area contributed by atoms with E-state index < -0.39 is 0 Å². The van der Waals surface area contributed by atoms with Gasteiger partial charge in [-0.05, 0) is 42.5 Å². The highest BCUT2D eigenvalue weighted by molar-refractivity contribution is 5.85. The smallest absolute Gasteiger partial charge is 0.0720 e. The van der Waals surface area contributed by atoms with E-state index in [0.29, 0.717) is 6.61 Å². The van der Waals surface area contributed by atoms with Gasteiger partial charge in [0.2, 0.25) is 0 Å². The predicted molar refractivity (Wildman–Crippen MR) is 64.4 cm³/mol. The normalized spacial score (nSPS) is 20.1. The molecule has 0 fully saturated rings. The van der Waals surface area contributed by atoms with Gasteiger partial charge in [-0.2, -0.15) is 0 Å². The maximum Gasteiger partial charge on any atom is 0.0720 e. The molecule has 2 rings (SSSR count). The van der Waals surface area contributed by atoms with Gasteiger partial charge in [0, 0.05) is 12.6 Å². The van der Waals surface area contributed by atoms with Crippen molar-refractivity contribution < 1.29 is 4.74 Å². The lowest BCUT2D eigenvalue weighted by atomic mass is 9.92. The first kappa shape index (κ1) is 12.5. The van der Waals surface area contributed by atoms with Crippen molar-refractivity contribution in [2.24, 2.45) is 5.73 Å². The molecule has 3 heteroatoms. The first-order valence-electron chi connectivity index (χ1n) is 5.12. The molecular formula is C12H18ClNO. The standard InChI is InChI=1S/C12H17NO.ClH/c1-8-3-4-10-7-14-6-5-11(13)12(10)9(8)2;/h3-4,11H,5-7,13H2,1-2H3;1H. The molecule has 15 heavy (non-hydrogen) atoms. The summed E-state index contributed by atoms with van der Waals surface area (Å²) in [6.07, 6.45) is 0.928. The van der Waals surface area contributed by atoms with Crippen molar-refractivity contribution in [2.75, 3.05) is 6.61 Å². The first-order valence-corrected chi connectivity index (χ1v) is 5.12. The lowest BCUT2D eigenvalue weighted by Crippen LogP contribution is -2.13. The lowest BCUT2D eigenvalue weighted by Gasteiger charge is -2.16. The van der Waals surface area contributed by atoms with Gasteiger partial charge in [-0.1, -0.05) is 12.1 Å². The van der Waals surface area contributed by atoms with Gasteiger partial charge in [0.25, 0.3) is 0 Å². The van der Waals surface area contributed by atoms with E-state index in [1.54, 1.807) is 0 Å². The molecule has 1 aliphatic heterocycles. The third kappa shape index (κ3) is 2.33. The fourth-order valence-corrected chi connectivity index (χ4v) is 2.07. The molecule has 0 bridgehead atoms. The summed E-state index contributed by atoms with van der Waals surface area (Å²) >= 11 is 0. The van der Waals surface area contributed by atoms with E-state index in [0.717, 1.165) is 13.0 Å². The maximum absolute atomic E-state index is 6.14. The van der Waals surface area contributed by atoms with Gasteiger partial charge >= 0.3 is 0 Å². The van der Waals surface area contributed by atoms with Crippen LogP contribution in [0.5, 0.6) is 0 Å². The molecular weight excluding hydrogens is 210 g/mol. The number of ether oxygens (including phenoxy) is 1. The van der Waals surface area contributed by atoms with Crippen molar-refractivity contribution in [3.05, 3.63) is 34.4 Å². The van der Waals surface area contributed by atoms with Crippen molar-refractivity contribution in [1.29, 1.82) is 0 Å². The predicted octanol–water partition coefficient (Wildman–Crippen LogP) is 2.65. The minimum absolute atomic E-state index is 0. The number of benzene rings is 1. The zero-order valence-electron chi connectivity index (χ0n) is 9.25. The number of fused-ring (bicyclic) bond motifs is 1. The zero-order chi connectivity index (χ0) is 10.1. The first-order chi connectivity index (χ1) is 6.70. The zero-order valence-corrected chi connectivity index (χ0v) is 10.1. The van der Waals surface area contributed by atoms with Crippen LogP contribution in [-0.4, -0.2) is 6.61 Å². The second-order valence-electron chi connectivity index (χ2n) is 4.03.